The molecule has 6 nitrogen and oxygen atoms in total. The molecule has 0 spiro atoms. The normalized spacial score (nSPS) is 15.6. The predicted octanol–water partition coefficient (Wildman–Crippen LogP) is 4.42. The number of nitrogens with one attached hydrogen (secondary N) is 2. The van der Waals surface area contributed by atoms with Gasteiger partial charge in [-0.3, -0.25) is 9.59 Å². The number of hydrogen-bond donors (Lipinski definition) is 2. The van der Waals surface area contributed by atoms with Crippen LogP contribution in [0.4, 0.5) is 11.5 Å². The molecule has 1 aliphatic heterocycles. The third kappa shape index (κ3) is 3.36. The van der Waals surface area contributed by atoms with Crippen molar-refractivity contribution in [2.75, 3.05) is 10.6 Å². The van der Waals surface area contributed by atoms with E-state index in [1.165, 1.54) is 0 Å². The average molecular weight is 400 g/mol. The Kier molecular flexibility index (Phi) is 4.29. The molecule has 2 amide bonds. The van der Waals surface area contributed by atoms with Gasteiger partial charge in [0.25, 0.3) is 0 Å². The van der Waals surface area contributed by atoms with Gasteiger partial charge in [-0.1, -0.05) is 30.3 Å². The highest BCUT2D eigenvalue weighted by Gasteiger charge is 2.30. The van der Waals surface area contributed by atoms with Crippen LogP contribution < -0.4 is 10.6 Å². The van der Waals surface area contributed by atoms with Crippen LogP contribution >= 0.6 is 11.3 Å². The maximum absolute atomic E-state index is 12.8. The van der Waals surface area contributed by atoms with Gasteiger partial charge in [0.15, 0.2) is 0 Å². The van der Waals surface area contributed by atoms with E-state index in [-0.39, 0.29) is 18.2 Å². The number of benzene rings is 2. The molecule has 1 aliphatic rings. The third-order valence-electron chi connectivity index (χ3n) is 4.87. The topological polar surface area (TPSA) is 84.0 Å². The monoisotopic (exact) mass is 400 g/mol. The van der Waals surface area contributed by atoms with Gasteiger partial charge in [-0.15, -0.1) is 11.3 Å². The third-order valence-corrected chi connectivity index (χ3v) is 5.96. The number of thiazole rings is 1. The van der Waals surface area contributed by atoms with Crippen LogP contribution in [-0.4, -0.2) is 21.8 Å². The van der Waals surface area contributed by atoms with E-state index in [0.717, 1.165) is 26.4 Å². The molecule has 0 saturated heterocycles. The van der Waals surface area contributed by atoms with Gasteiger partial charge in [0.2, 0.25) is 11.8 Å². The second-order valence-corrected chi connectivity index (χ2v) is 7.83. The summed E-state index contributed by atoms with van der Waals surface area (Å²) in [5.41, 5.74) is 3.35. The fourth-order valence-corrected chi connectivity index (χ4v) is 4.40. The molecule has 1 unspecified atom stereocenters. The Balaban J connectivity index is 1.36. The van der Waals surface area contributed by atoms with E-state index >= 15 is 0 Å². The first-order valence-electron chi connectivity index (χ1n) is 9.19. The summed E-state index contributed by atoms with van der Waals surface area (Å²) >= 11 is 1.60. The Morgan fingerprint density at radius 3 is 2.72 bits per heavy atom. The Morgan fingerprint density at radius 2 is 1.90 bits per heavy atom. The Bertz CT molecular complexity index is 1200. The largest absolute Gasteiger partial charge is 0.326 e. The van der Waals surface area contributed by atoms with Gasteiger partial charge in [-0.25, -0.2) is 9.97 Å². The quantitative estimate of drug-likeness (QED) is 0.533. The zero-order valence-corrected chi connectivity index (χ0v) is 16.1. The van der Waals surface area contributed by atoms with Gasteiger partial charge in [-0.05, 0) is 35.9 Å². The van der Waals surface area contributed by atoms with E-state index in [4.69, 9.17) is 0 Å². The van der Waals surface area contributed by atoms with Crippen molar-refractivity contribution in [1.82, 2.24) is 9.97 Å². The molecular weight excluding hydrogens is 384 g/mol. The number of fused-ring (bicyclic) bond motifs is 2. The summed E-state index contributed by atoms with van der Waals surface area (Å²) in [5, 5.41) is 6.52. The van der Waals surface area contributed by atoms with Crippen molar-refractivity contribution in [3.05, 3.63) is 72.4 Å². The second-order valence-electron chi connectivity index (χ2n) is 6.80. The van der Waals surface area contributed by atoms with Crippen LogP contribution in [0.15, 0.2) is 66.9 Å². The van der Waals surface area contributed by atoms with Crippen molar-refractivity contribution in [3.63, 3.8) is 0 Å². The SMILES string of the molecule is O=C1CC(C(=O)Nc2ccc(-c3nc4ccccc4s3)cn2)c2ccccc2N1. The number of para-hydroxylation sites is 2. The van der Waals surface area contributed by atoms with Gasteiger partial charge in [-0.2, -0.15) is 0 Å². The molecule has 3 heterocycles. The van der Waals surface area contributed by atoms with Crippen molar-refractivity contribution in [1.29, 1.82) is 0 Å². The summed E-state index contributed by atoms with van der Waals surface area (Å²) in [6.07, 6.45) is 1.82. The highest BCUT2D eigenvalue weighted by molar-refractivity contribution is 7.21. The van der Waals surface area contributed by atoms with Gasteiger partial charge in [0.1, 0.15) is 10.8 Å². The van der Waals surface area contributed by atoms with Crippen LogP contribution in [0, 0.1) is 0 Å². The lowest BCUT2D eigenvalue weighted by Crippen LogP contribution is -2.30. The molecule has 5 rings (SSSR count). The summed E-state index contributed by atoms with van der Waals surface area (Å²) < 4.78 is 1.12. The molecule has 4 aromatic rings. The summed E-state index contributed by atoms with van der Waals surface area (Å²) in [6, 6.07) is 19.0. The van der Waals surface area contributed by atoms with Crippen LogP contribution in [0.3, 0.4) is 0 Å². The molecule has 0 radical (unpaired) electrons. The lowest BCUT2D eigenvalue weighted by atomic mass is 9.90. The van der Waals surface area contributed by atoms with Crippen LogP contribution in [0.25, 0.3) is 20.8 Å². The number of rotatable bonds is 3. The minimum absolute atomic E-state index is 0.118. The lowest BCUT2D eigenvalue weighted by molar-refractivity contribution is -0.123. The van der Waals surface area contributed by atoms with Crippen molar-refractivity contribution in [2.45, 2.75) is 12.3 Å². The van der Waals surface area contributed by atoms with E-state index in [1.54, 1.807) is 29.7 Å². The van der Waals surface area contributed by atoms with E-state index in [9.17, 15) is 9.59 Å². The van der Waals surface area contributed by atoms with E-state index < -0.39 is 5.92 Å². The van der Waals surface area contributed by atoms with Crippen molar-refractivity contribution >= 4 is 44.9 Å². The molecule has 0 saturated carbocycles. The number of anilines is 2. The molecule has 1 atom stereocenters. The van der Waals surface area contributed by atoms with E-state index in [2.05, 4.69) is 20.6 Å². The maximum atomic E-state index is 12.8. The molecular formula is C22H16N4O2S. The van der Waals surface area contributed by atoms with Crippen LogP contribution in [0.2, 0.25) is 0 Å². The van der Waals surface area contributed by atoms with Crippen LogP contribution in [-0.2, 0) is 9.59 Å². The standard InChI is InChI=1S/C22H16N4O2S/c27-20-11-15(14-5-1-2-6-16(14)24-20)21(28)26-19-10-9-13(12-23-19)22-25-17-7-3-4-8-18(17)29-22/h1-10,12,15H,11H2,(H,24,27)(H,23,26,28). The Morgan fingerprint density at radius 1 is 1.07 bits per heavy atom. The Labute approximate surface area is 170 Å². The van der Waals surface area contributed by atoms with Crippen LogP contribution in [0.5, 0.6) is 0 Å². The zero-order chi connectivity index (χ0) is 19.8. The highest BCUT2D eigenvalue weighted by Crippen LogP contribution is 2.33. The smallest absolute Gasteiger partial charge is 0.233 e. The van der Waals surface area contributed by atoms with Gasteiger partial charge in [0, 0.05) is 23.9 Å². The van der Waals surface area contributed by atoms with Crippen molar-refractivity contribution in [3.8, 4) is 10.6 Å². The van der Waals surface area contributed by atoms with Crippen LogP contribution in [0.1, 0.15) is 17.9 Å². The summed E-state index contributed by atoms with van der Waals surface area (Å²) in [7, 11) is 0. The molecule has 2 aromatic carbocycles. The van der Waals surface area contributed by atoms with Gasteiger partial charge < -0.3 is 10.6 Å². The first-order chi connectivity index (χ1) is 14.2. The number of pyridine rings is 1. The fourth-order valence-electron chi connectivity index (χ4n) is 3.45. The fraction of sp³-hybridized carbons (Fsp3) is 0.0909. The first kappa shape index (κ1) is 17.5. The molecule has 2 N–H and O–H groups in total. The summed E-state index contributed by atoms with van der Waals surface area (Å²) in [4.78, 5) is 33.8. The van der Waals surface area contributed by atoms with Crippen molar-refractivity contribution < 1.29 is 9.59 Å². The predicted molar refractivity (Wildman–Crippen MR) is 114 cm³/mol. The maximum Gasteiger partial charge on any atom is 0.233 e. The average Bonchev–Trinajstić information content (AvgIpc) is 3.18. The van der Waals surface area contributed by atoms with Gasteiger partial charge in [0.05, 0.1) is 16.1 Å². The minimum atomic E-state index is -0.536. The molecule has 7 heteroatoms. The van der Waals surface area contributed by atoms with E-state index in [1.807, 2.05) is 48.5 Å². The minimum Gasteiger partial charge on any atom is -0.326 e. The summed E-state index contributed by atoms with van der Waals surface area (Å²) in [5.74, 6) is -0.496. The molecule has 142 valence electrons. The number of carbonyl (C=O) groups excluding carboxylic acids is 2. The highest BCUT2D eigenvalue weighted by atomic mass is 32.1. The first-order valence-corrected chi connectivity index (χ1v) is 10.0. The van der Waals surface area contributed by atoms with E-state index in [0.29, 0.717) is 11.5 Å². The lowest BCUT2D eigenvalue weighted by Gasteiger charge is -2.24. The molecule has 0 bridgehead atoms. The van der Waals surface area contributed by atoms with Gasteiger partial charge >= 0.3 is 0 Å². The Hall–Kier alpha value is -3.58. The number of amides is 2. The summed E-state index contributed by atoms with van der Waals surface area (Å²) in [6.45, 7) is 0. The molecule has 0 aliphatic carbocycles. The zero-order valence-electron chi connectivity index (χ0n) is 15.3. The molecule has 29 heavy (non-hydrogen) atoms. The molecule has 0 fully saturated rings. The number of hydrogen-bond acceptors (Lipinski definition) is 5. The van der Waals surface area contributed by atoms with Crippen molar-refractivity contribution in [2.24, 2.45) is 0 Å². The molecule has 2 aromatic heterocycles. The number of aromatic nitrogens is 2. The number of nitrogens with zero attached hydrogens (tertiary/aromatic N) is 2. The second kappa shape index (κ2) is 7.10. The number of carbonyl (C=O) groups is 2.